The molecule has 6 aromatic rings. The zero-order valence-corrected chi connectivity index (χ0v) is 71.4. The van der Waals surface area contributed by atoms with Crippen LogP contribution in [0, 0.1) is 3.57 Å². The maximum atomic E-state index is 13.0. The van der Waals surface area contributed by atoms with Gasteiger partial charge in [-0.1, -0.05) is 78.6 Å². The van der Waals surface area contributed by atoms with E-state index in [2.05, 4.69) is 128 Å². The fraction of sp³-hybridized carbons (Fsp3) is 0.667. The summed E-state index contributed by atoms with van der Waals surface area (Å²) in [5, 5.41) is 9.42. The molecule has 6 aromatic heterocycles. The summed E-state index contributed by atoms with van der Waals surface area (Å²) in [6, 6.07) is 11.8. The van der Waals surface area contributed by atoms with Gasteiger partial charge in [0.15, 0.2) is 35.4 Å². The van der Waals surface area contributed by atoms with Crippen molar-refractivity contribution in [3.63, 3.8) is 0 Å². The van der Waals surface area contributed by atoms with Crippen molar-refractivity contribution in [1.29, 1.82) is 0 Å². The Morgan fingerprint density at radius 1 is 0.578 bits per heavy atom. The number of likely N-dealkylation sites (tertiary alicyclic amines) is 2. The first kappa shape index (κ1) is 84.0. The summed E-state index contributed by atoms with van der Waals surface area (Å²) in [6.07, 6.45) is 11.0. The molecule has 9 heterocycles. The van der Waals surface area contributed by atoms with Crippen LogP contribution in [0.15, 0.2) is 58.0 Å². The van der Waals surface area contributed by atoms with E-state index in [1.165, 1.54) is 6.26 Å². The predicted octanol–water partition coefficient (Wildman–Crippen LogP) is 15.6. The number of rotatable bonds is 28. The van der Waals surface area contributed by atoms with E-state index in [0.717, 1.165) is 112 Å². The van der Waals surface area contributed by atoms with Crippen molar-refractivity contribution in [2.24, 2.45) is 0 Å². The Hall–Kier alpha value is -5.30. The third kappa shape index (κ3) is 25.7. The summed E-state index contributed by atoms with van der Waals surface area (Å²) in [5.74, 6) is 2.31. The highest BCUT2D eigenvalue weighted by molar-refractivity contribution is 14.1. The van der Waals surface area contributed by atoms with E-state index in [4.69, 9.17) is 61.6 Å². The minimum Gasteiger partial charge on any atom is -0.462 e. The summed E-state index contributed by atoms with van der Waals surface area (Å²) in [6.45, 7) is 54.2. The topological polar surface area (TPSA) is 242 Å². The van der Waals surface area contributed by atoms with E-state index < -0.39 is 50.6 Å². The van der Waals surface area contributed by atoms with Crippen LogP contribution in [0.5, 0.6) is 0 Å². The number of hydrogen-bond acceptors (Lipinski definition) is 20. The van der Waals surface area contributed by atoms with Crippen molar-refractivity contribution >= 4 is 115 Å². The molecule has 3 aliphatic heterocycles. The summed E-state index contributed by atoms with van der Waals surface area (Å²) in [5.41, 5.74) is 3.62. The number of furan rings is 2. The van der Waals surface area contributed by atoms with Gasteiger partial charge in [-0.05, 0) is 154 Å². The van der Waals surface area contributed by atoms with E-state index in [1.54, 1.807) is 29.5 Å². The largest absolute Gasteiger partial charge is 0.498 e. The van der Waals surface area contributed by atoms with Crippen LogP contribution in [0.25, 0.3) is 22.4 Å². The van der Waals surface area contributed by atoms with Gasteiger partial charge in [-0.2, -0.15) is 19.2 Å². The molecule has 2 amide bonds. The van der Waals surface area contributed by atoms with E-state index in [1.807, 2.05) is 89.4 Å². The second-order valence-corrected chi connectivity index (χ2v) is 58.6. The van der Waals surface area contributed by atoms with Gasteiger partial charge >= 0.3 is 19.3 Å². The maximum Gasteiger partial charge on any atom is 0.498 e. The lowest BCUT2D eigenvalue weighted by atomic mass is 9.81. The van der Waals surface area contributed by atoms with Gasteiger partial charge in [0.25, 0.3) is 0 Å². The van der Waals surface area contributed by atoms with E-state index in [-0.39, 0.29) is 46.7 Å². The quantitative estimate of drug-likeness (QED) is 0.0146. The van der Waals surface area contributed by atoms with Gasteiger partial charge in [0.05, 0.1) is 51.1 Å². The van der Waals surface area contributed by atoms with E-state index in [9.17, 15) is 19.2 Å². The first-order valence-electron chi connectivity index (χ1n) is 36.0. The number of nitrogens with zero attached hydrogens (tertiary/aromatic N) is 10. The van der Waals surface area contributed by atoms with Gasteiger partial charge in [0, 0.05) is 125 Å². The van der Waals surface area contributed by atoms with Gasteiger partial charge in [-0.25, -0.2) is 19.6 Å². The van der Waals surface area contributed by atoms with Crippen LogP contribution < -0.4 is 15.3 Å². The van der Waals surface area contributed by atoms with Crippen molar-refractivity contribution < 1.29 is 65.7 Å². The molecule has 0 aromatic carbocycles. The summed E-state index contributed by atoms with van der Waals surface area (Å²) in [7, 11) is -5.43. The lowest BCUT2D eigenvalue weighted by molar-refractivity contribution is 0.00578. The Morgan fingerprint density at radius 2 is 0.961 bits per heavy atom. The average molecular weight is 1600 g/mol. The molecule has 3 fully saturated rings. The van der Waals surface area contributed by atoms with Crippen molar-refractivity contribution in [2.75, 3.05) is 89.3 Å². The summed E-state index contributed by atoms with van der Waals surface area (Å²) < 4.78 is 63.1. The molecular formula is C72H118BIN10O14Si4. The fourth-order valence-corrected chi connectivity index (χ4v) is 14.5. The number of aldehydes is 2. The molecule has 0 aliphatic carbocycles. The van der Waals surface area contributed by atoms with Crippen LogP contribution in [0.4, 0.5) is 21.2 Å². The lowest BCUT2D eigenvalue weighted by Crippen LogP contribution is -2.42. The minimum absolute atomic E-state index is 0.00915. The third-order valence-corrected chi connectivity index (χ3v) is 25.4. The Bertz CT molecular complexity index is 3650. The van der Waals surface area contributed by atoms with Crippen LogP contribution in [0.1, 0.15) is 139 Å². The molecule has 102 heavy (non-hydrogen) atoms. The molecule has 0 radical (unpaired) electrons. The molecule has 3 aliphatic rings. The number of halogens is 1. The minimum atomic E-state index is -1.28. The number of carbonyl (C=O) groups is 4. The fourth-order valence-electron chi connectivity index (χ4n) is 11.0. The standard InChI is InChI=1S/C33H53N5O6Si2.C28H50IN5O4Si2.C11H15BO4/c1-33(2,3)44-32(40)36-12-10-11-25(20-36)29-18-30(38-31(35-29)28(19-34-38)26-17-27(21-39)43-22-26)37(23-41-13-15-45(4,5)6)24-42-14-16-46(7,8)9;1-28(2,3)38-27(35)32-12-10-11-22(19-32)24-17-25(34-26(31-24)23(29)18-30-34)33(20-36-13-15-39(4,5)6)21-37-14-16-40(7,8)9;1-10(2)11(3,4)16-12(15-10)8-5-9(6-13)14-7-8/h17-19,21-22,25H,10-16,20,23-24H2,1-9H3;17-18,22H,10-16,19-21H2,1-9H3;5-7H,1-4H3. The molecule has 0 spiro atoms. The van der Waals surface area contributed by atoms with Crippen molar-refractivity contribution in [3.05, 3.63) is 75.7 Å². The van der Waals surface area contributed by atoms with Crippen LogP contribution in [-0.4, -0.2) is 205 Å². The Labute approximate surface area is 623 Å². The molecule has 3 saturated heterocycles. The van der Waals surface area contributed by atoms with E-state index >= 15 is 0 Å². The lowest BCUT2D eigenvalue weighted by Gasteiger charge is -2.34. The normalized spacial score (nSPS) is 17.5. The molecule has 2 atom stereocenters. The Morgan fingerprint density at radius 3 is 1.34 bits per heavy atom. The highest BCUT2D eigenvalue weighted by Crippen LogP contribution is 2.38. The van der Waals surface area contributed by atoms with Gasteiger partial charge in [0.1, 0.15) is 49.8 Å². The SMILES string of the molecule is CC(C)(C)OC(=O)N1CCCC(c2cc(N(COCC[Si](C)(C)C)COCC[Si](C)(C)C)n3ncc(-c4coc(C=O)c4)c3n2)C1.CC(C)(C)OC(=O)N1CCCC(c2cc(N(COCC[Si](C)(C)C)COCC[Si](C)(C)C)n3ncc(I)c3n2)C1.CC1(C)OB(c2coc(C=O)c2)OC1(C)C. The first-order chi connectivity index (χ1) is 47.4. The highest BCUT2D eigenvalue weighted by atomic mass is 127. The van der Waals surface area contributed by atoms with Gasteiger partial charge in [-0.15, -0.1) is 0 Å². The smallest absolute Gasteiger partial charge is 0.462 e. The monoisotopic (exact) mass is 1600 g/mol. The maximum absolute atomic E-state index is 13.0. The number of ether oxygens (including phenoxy) is 6. The number of hydrogen-bond donors (Lipinski definition) is 0. The number of piperidine rings is 2. The Balaban J connectivity index is 0.000000236. The van der Waals surface area contributed by atoms with Gasteiger partial charge in [-0.3, -0.25) is 9.59 Å². The average Bonchev–Trinajstić information content (AvgIpc) is 1.59. The number of aromatic nitrogens is 6. The molecule has 0 bridgehead atoms. The molecule has 30 heteroatoms. The zero-order valence-electron chi connectivity index (χ0n) is 65.2. The third-order valence-electron chi connectivity index (χ3n) is 17.8. The van der Waals surface area contributed by atoms with Crippen molar-refractivity contribution in [1.82, 2.24) is 39.0 Å². The van der Waals surface area contributed by atoms with Gasteiger partial charge in [0.2, 0.25) is 0 Å². The second-order valence-electron chi connectivity index (χ2n) is 34.9. The second kappa shape index (κ2) is 35.4. The molecule has 24 nitrogen and oxygen atoms in total. The van der Waals surface area contributed by atoms with Crippen LogP contribution in [-0.2, 0) is 37.7 Å². The predicted molar refractivity (Wildman–Crippen MR) is 422 cm³/mol. The molecule has 566 valence electrons. The van der Waals surface area contributed by atoms with Gasteiger partial charge < -0.3 is 66.2 Å². The Kier molecular flexibility index (Phi) is 29.1. The van der Waals surface area contributed by atoms with Crippen molar-refractivity contribution in [3.8, 4) is 11.1 Å². The van der Waals surface area contributed by atoms with Crippen LogP contribution >= 0.6 is 22.6 Å². The molecule has 9 rings (SSSR count). The number of anilines is 2. The summed E-state index contributed by atoms with van der Waals surface area (Å²) >= 11 is 2.29. The molecular weight excluding hydrogens is 1480 g/mol. The number of fused-ring (bicyclic) bond motifs is 2. The molecule has 0 saturated carbocycles. The highest BCUT2D eigenvalue weighted by Gasteiger charge is 2.52. The number of amides is 2. The van der Waals surface area contributed by atoms with Crippen molar-refractivity contribution in [2.45, 2.75) is 232 Å². The van der Waals surface area contributed by atoms with Crippen LogP contribution in [0.3, 0.4) is 0 Å². The zero-order chi connectivity index (χ0) is 75.4. The molecule has 2 unspecified atom stereocenters. The first-order valence-corrected chi connectivity index (χ1v) is 51.9. The van der Waals surface area contributed by atoms with Crippen LogP contribution in [0.2, 0.25) is 103 Å². The molecule has 0 N–H and O–H groups in total. The summed E-state index contributed by atoms with van der Waals surface area (Å²) in [4.78, 5) is 65.8. The number of carbonyl (C=O) groups excluding carboxylic acids is 4. The van der Waals surface area contributed by atoms with E-state index in [0.29, 0.717) is 84.5 Å².